The van der Waals surface area contributed by atoms with E-state index in [0.717, 1.165) is 24.5 Å². The van der Waals surface area contributed by atoms with E-state index in [1.165, 1.54) is 38.6 Å². The predicted molar refractivity (Wildman–Crippen MR) is 55.8 cm³/mol. The van der Waals surface area contributed by atoms with Gasteiger partial charge in [0.25, 0.3) is 0 Å². The van der Waals surface area contributed by atoms with Crippen LogP contribution in [0.1, 0.15) is 39.0 Å². The number of fused-ring (bicyclic) bond motifs is 1. The summed E-state index contributed by atoms with van der Waals surface area (Å²) in [7, 11) is 0. The van der Waals surface area contributed by atoms with Crippen molar-refractivity contribution < 1.29 is 0 Å². The van der Waals surface area contributed by atoms with Crippen LogP contribution in [-0.2, 0) is 0 Å². The van der Waals surface area contributed by atoms with Crippen LogP contribution < -0.4 is 10.6 Å². The molecule has 2 rings (SSSR count). The Morgan fingerprint density at radius 2 is 2.08 bits per heavy atom. The highest BCUT2D eigenvalue weighted by Crippen LogP contribution is 2.30. The van der Waals surface area contributed by atoms with Crippen molar-refractivity contribution in [2.75, 3.05) is 13.1 Å². The van der Waals surface area contributed by atoms with Gasteiger partial charge in [0.1, 0.15) is 0 Å². The van der Waals surface area contributed by atoms with Gasteiger partial charge in [-0.15, -0.1) is 0 Å². The second-order valence-corrected chi connectivity index (χ2v) is 4.46. The highest BCUT2D eigenvalue weighted by Gasteiger charge is 2.33. The molecule has 3 atom stereocenters. The summed E-state index contributed by atoms with van der Waals surface area (Å²) in [6.07, 6.45) is 7.06. The Kier molecular flexibility index (Phi) is 3.23. The average Bonchev–Trinajstić information content (AvgIpc) is 2.19. The van der Waals surface area contributed by atoms with Gasteiger partial charge in [0.15, 0.2) is 0 Å². The molecule has 0 amide bonds. The summed E-state index contributed by atoms with van der Waals surface area (Å²) >= 11 is 0. The number of rotatable bonds is 2. The molecular formula is C11H22N2. The number of hydrogen-bond acceptors (Lipinski definition) is 2. The molecule has 0 spiro atoms. The molecular weight excluding hydrogens is 160 g/mol. The topological polar surface area (TPSA) is 24.1 Å². The molecule has 1 saturated heterocycles. The van der Waals surface area contributed by atoms with Gasteiger partial charge >= 0.3 is 0 Å². The van der Waals surface area contributed by atoms with Gasteiger partial charge in [-0.2, -0.15) is 0 Å². The molecule has 76 valence electrons. The van der Waals surface area contributed by atoms with Crippen molar-refractivity contribution >= 4 is 0 Å². The van der Waals surface area contributed by atoms with E-state index in [4.69, 9.17) is 0 Å². The minimum Gasteiger partial charge on any atom is -0.314 e. The number of nitrogens with one attached hydrogen (secondary N) is 2. The van der Waals surface area contributed by atoms with Crippen LogP contribution in [0, 0.1) is 5.92 Å². The first-order valence-electron chi connectivity index (χ1n) is 5.88. The molecule has 0 aromatic rings. The standard InChI is InChI=1S/C11H22N2/c1-2-12-11-7-8-13-10-6-4-3-5-9(10)11/h9-13H,2-8H2,1H3/t9-,10+,11+/m0/s1. The zero-order valence-electron chi connectivity index (χ0n) is 8.68. The first-order valence-corrected chi connectivity index (χ1v) is 5.88. The SMILES string of the molecule is CCN[C@@H]1CCN[C@@H]2CCCC[C@H]12. The molecule has 1 heterocycles. The van der Waals surface area contributed by atoms with E-state index in [9.17, 15) is 0 Å². The van der Waals surface area contributed by atoms with Gasteiger partial charge in [0.2, 0.25) is 0 Å². The summed E-state index contributed by atoms with van der Waals surface area (Å²) in [5, 5.41) is 7.31. The maximum absolute atomic E-state index is 3.67. The van der Waals surface area contributed by atoms with Crippen molar-refractivity contribution in [2.45, 2.75) is 51.1 Å². The summed E-state index contributed by atoms with van der Waals surface area (Å²) in [4.78, 5) is 0. The first-order chi connectivity index (χ1) is 6.42. The lowest BCUT2D eigenvalue weighted by molar-refractivity contribution is 0.163. The van der Waals surface area contributed by atoms with Crippen LogP contribution in [-0.4, -0.2) is 25.2 Å². The number of hydrogen-bond donors (Lipinski definition) is 2. The molecule has 2 heteroatoms. The van der Waals surface area contributed by atoms with Crippen LogP contribution >= 0.6 is 0 Å². The van der Waals surface area contributed by atoms with Gasteiger partial charge in [0, 0.05) is 12.1 Å². The monoisotopic (exact) mass is 182 g/mol. The van der Waals surface area contributed by atoms with Crippen molar-refractivity contribution in [3.63, 3.8) is 0 Å². The van der Waals surface area contributed by atoms with Crippen LogP contribution in [0.2, 0.25) is 0 Å². The Balaban J connectivity index is 1.94. The lowest BCUT2D eigenvalue weighted by Gasteiger charge is -2.42. The van der Waals surface area contributed by atoms with Crippen LogP contribution in [0.3, 0.4) is 0 Å². The van der Waals surface area contributed by atoms with Crippen molar-refractivity contribution in [3.8, 4) is 0 Å². The molecule has 2 fully saturated rings. The summed E-state index contributed by atoms with van der Waals surface area (Å²) in [5.74, 6) is 0.919. The smallest absolute Gasteiger partial charge is 0.0122 e. The highest BCUT2D eigenvalue weighted by atomic mass is 15.0. The van der Waals surface area contributed by atoms with E-state index >= 15 is 0 Å². The predicted octanol–water partition coefficient (Wildman–Crippen LogP) is 1.52. The molecule has 0 aromatic carbocycles. The molecule has 2 nitrogen and oxygen atoms in total. The van der Waals surface area contributed by atoms with Crippen molar-refractivity contribution in [1.82, 2.24) is 10.6 Å². The number of piperidine rings is 1. The summed E-state index contributed by atoms with van der Waals surface area (Å²) in [6, 6.07) is 1.63. The molecule has 0 bridgehead atoms. The molecule has 0 aromatic heterocycles. The molecule has 1 aliphatic heterocycles. The van der Waals surface area contributed by atoms with E-state index < -0.39 is 0 Å². The van der Waals surface area contributed by atoms with E-state index in [1.807, 2.05) is 0 Å². The third-order valence-corrected chi connectivity index (χ3v) is 3.66. The second kappa shape index (κ2) is 4.43. The maximum atomic E-state index is 3.67. The van der Waals surface area contributed by atoms with E-state index in [1.54, 1.807) is 0 Å². The van der Waals surface area contributed by atoms with Gasteiger partial charge in [-0.1, -0.05) is 19.8 Å². The Bertz CT molecular complexity index is 154. The molecule has 1 saturated carbocycles. The molecule has 13 heavy (non-hydrogen) atoms. The fraction of sp³-hybridized carbons (Fsp3) is 1.00. The zero-order valence-corrected chi connectivity index (χ0v) is 8.68. The summed E-state index contributed by atoms with van der Waals surface area (Å²) in [6.45, 7) is 4.58. The van der Waals surface area contributed by atoms with Gasteiger partial charge in [0.05, 0.1) is 0 Å². The Morgan fingerprint density at radius 1 is 1.23 bits per heavy atom. The molecule has 2 aliphatic rings. The third-order valence-electron chi connectivity index (χ3n) is 3.66. The normalized spacial score (nSPS) is 39.9. The first kappa shape index (κ1) is 9.47. The third kappa shape index (κ3) is 2.05. The van der Waals surface area contributed by atoms with Crippen LogP contribution in [0.5, 0.6) is 0 Å². The van der Waals surface area contributed by atoms with Gasteiger partial charge in [-0.3, -0.25) is 0 Å². The fourth-order valence-corrected chi connectivity index (χ4v) is 3.05. The van der Waals surface area contributed by atoms with Crippen molar-refractivity contribution in [1.29, 1.82) is 0 Å². The van der Waals surface area contributed by atoms with Gasteiger partial charge < -0.3 is 10.6 Å². The molecule has 1 aliphatic carbocycles. The van der Waals surface area contributed by atoms with Crippen molar-refractivity contribution in [3.05, 3.63) is 0 Å². The van der Waals surface area contributed by atoms with Crippen LogP contribution in [0.25, 0.3) is 0 Å². The van der Waals surface area contributed by atoms with E-state index in [0.29, 0.717) is 0 Å². The van der Waals surface area contributed by atoms with Gasteiger partial charge in [-0.05, 0) is 38.3 Å². The Hall–Kier alpha value is -0.0800. The van der Waals surface area contributed by atoms with E-state index in [-0.39, 0.29) is 0 Å². The quantitative estimate of drug-likeness (QED) is 0.676. The Labute approximate surface area is 81.5 Å². The molecule has 2 N–H and O–H groups in total. The average molecular weight is 182 g/mol. The Morgan fingerprint density at radius 3 is 2.92 bits per heavy atom. The summed E-state index contributed by atoms with van der Waals surface area (Å²) in [5.41, 5.74) is 0. The van der Waals surface area contributed by atoms with E-state index in [2.05, 4.69) is 17.6 Å². The van der Waals surface area contributed by atoms with Crippen LogP contribution in [0.15, 0.2) is 0 Å². The van der Waals surface area contributed by atoms with Crippen molar-refractivity contribution in [2.24, 2.45) is 5.92 Å². The molecule has 0 unspecified atom stereocenters. The largest absolute Gasteiger partial charge is 0.314 e. The lowest BCUT2D eigenvalue weighted by Crippen LogP contribution is -2.54. The zero-order chi connectivity index (χ0) is 9.10. The second-order valence-electron chi connectivity index (χ2n) is 4.46. The summed E-state index contributed by atoms with van der Waals surface area (Å²) < 4.78 is 0. The molecule has 0 radical (unpaired) electrons. The minimum atomic E-state index is 0.802. The van der Waals surface area contributed by atoms with Crippen LogP contribution in [0.4, 0.5) is 0 Å². The fourth-order valence-electron chi connectivity index (χ4n) is 3.05. The maximum Gasteiger partial charge on any atom is 0.0122 e. The lowest BCUT2D eigenvalue weighted by atomic mass is 9.76. The van der Waals surface area contributed by atoms with Gasteiger partial charge in [-0.25, -0.2) is 0 Å². The minimum absolute atomic E-state index is 0.802. The highest BCUT2D eigenvalue weighted by molar-refractivity contribution is 4.92.